The Kier molecular flexibility index (Phi) is 14.8. The molecule has 0 aliphatic heterocycles. The van der Waals surface area contributed by atoms with E-state index in [2.05, 4.69) is 28.5 Å². The molecule has 0 bridgehead atoms. The number of carboxylic acid groups (broad SMARTS) is 2. The first kappa shape index (κ1) is 24.5. The first-order valence-electron chi connectivity index (χ1n) is 8.62. The predicted molar refractivity (Wildman–Crippen MR) is 106 cm³/mol. The molecular weight excluding hydrogens is 378 g/mol. The number of aliphatic carboxylic acids is 2. The lowest BCUT2D eigenvalue weighted by Gasteiger charge is -2.09. The lowest BCUT2D eigenvalue weighted by Crippen LogP contribution is -2.09. The van der Waals surface area contributed by atoms with Crippen LogP contribution < -0.4 is 5.32 Å². The summed E-state index contributed by atoms with van der Waals surface area (Å²) in [4.78, 5) is 26.6. The zero-order valence-corrected chi connectivity index (χ0v) is 16.9. The van der Waals surface area contributed by atoms with Crippen LogP contribution >= 0.6 is 23.4 Å². The molecule has 0 saturated heterocycles. The van der Waals surface area contributed by atoms with E-state index in [1.165, 1.54) is 44.3 Å². The molecule has 0 aliphatic rings. The first-order chi connectivity index (χ1) is 12.4. The molecule has 1 aromatic heterocycles. The number of carbonyl (C=O) groups is 2. The van der Waals surface area contributed by atoms with E-state index >= 15 is 0 Å². The number of halogens is 1. The molecule has 0 aliphatic carbocycles. The van der Waals surface area contributed by atoms with Gasteiger partial charge in [0.1, 0.15) is 17.2 Å². The van der Waals surface area contributed by atoms with Crippen molar-refractivity contribution in [1.29, 1.82) is 0 Å². The highest BCUT2D eigenvalue weighted by molar-refractivity contribution is 7.98. The minimum Gasteiger partial charge on any atom is -0.473 e. The molecule has 1 heterocycles. The molecule has 0 spiro atoms. The zero-order valence-electron chi connectivity index (χ0n) is 15.3. The fourth-order valence-electron chi connectivity index (χ4n) is 2.06. The number of thioether (sulfide) groups is 1. The standard InChI is InChI=1S/C15H26ClN3S.C2H2O4/c1-3-13-14(16)15(19-12-18-13)17-10-8-6-4-5-7-9-11-20-2;3-1(4)2(5)6/h12H,3-11H2,1-2H3,(H,17,18,19);(H,3,4)(H,5,6). The molecule has 3 N–H and O–H groups in total. The van der Waals surface area contributed by atoms with E-state index in [-0.39, 0.29) is 0 Å². The summed E-state index contributed by atoms with van der Waals surface area (Å²) in [5.74, 6) is -1.57. The maximum absolute atomic E-state index is 9.10. The molecule has 1 aromatic rings. The number of carboxylic acids is 2. The summed E-state index contributed by atoms with van der Waals surface area (Å²) in [5.41, 5.74) is 0.915. The molecular formula is C17H28ClN3O4S. The minimum atomic E-state index is -1.82. The average molecular weight is 406 g/mol. The van der Waals surface area contributed by atoms with Crippen molar-refractivity contribution in [2.75, 3.05) is 23.9 Å². The number of unbranched alkanes of at least 4 members (excludes halogenated alkanes) is 5. The van der Waals surface area contributed by atoms with Crippen molar-refractivity contribution in [2.24, 2.45) is 0 Å². The van der Waals surface area contributed by atoms with Gasteiger partial charge in [0.05, 0.1) is 5.69 Å². The second kappa shape index (κ2) is 15.7. The molecule has 0 amide bonds. The SMILES string of the molecule is CCc1ncnc(NCCCCCCCCSC)c1Cl.O=C(O)C(=O)O. The summed E-state index contributed by atoms with van der Waals surface area (Å²) < 4.78 is 0. The number of aromatic nitrogens is 2. The van der Waals surface area contributed by atoms with Gasteiger partial charge in [0.25, 0.3) is 0 Å². The molecule has 0 unspecified atom stereocenters. The molecule has 0 saturated carbocycles. The summed E-state index contributed by atoms with van der Waals surface area (Å²) in [6.07, 6.45) is 12.4. The Labute approximate surface area is 164 Å². The van der Waals surface area contributed by atoms with E-state index in [4.69, 9.17) is 31.4 Å². The average Bonchev–Trinajstić information content (AvgIpc) is 2.62. The molecule has 148 valence electrons. The van der Waals surface area contributed by atoms with Gasteiger partial charge >= 0.3 is 11.9 Å². The van der Waals surface area contributed by atoms with Gasteiger partial charge < -0.3 is 15.5 Å². The second-order valence-corrected chi connectivity index (χ2v) is 6.85. The smallest absolute Gasteiger partial charge is 0.414 e. The largest absolute Gasteiger partial charge is 0.473 e. The lowest BCUT2D eigenvalue weighted by atomic mass is 10.1. The summed E-state index contributed by atoms with van der Waals surface area (Å²) >= 11 is 8.17. The highest BCUT2D eigenvalue weighted by Gasteiger charge is 2.06. The van der Waals surface area contributed by atoms with Gasteiger partial charge in [-0.25, -0.2) is 19.6 Å². The van der Waals surface area contributed by atoms with E-state index in [1.807, 2.05) is 11.8 Å². The molecule has 0 radical (unpaired) electrons. The van der Waals surface area contributed by atoms with Crippen LogP contribution in [0.3, 0.4) is 0 Å². The highest BCUT2D eigenvalue weighted by Crippen LogP contribution is 2.22. The molecule has 0 fully saturated rings. The second-order valence-electron chi connectivity index (χ2n) is 5.49. The number of rotatable bonds is 11. The number of aryl methyl sites for hydroxylation is 1. The third-order valence-corrected chi connectivity index (χ3v) is 4.54. The molecule has 1 rings (SSSR count). The van der Waals surface area contributed by atoms with E-state index < -0.39 is 11.9 Å². The molecule has 26 heavy (non-hydrogen) atoms. The van der Waals surface area contributed by atoms with E-state index in [0.717, 1.165) is 24.5 Å². The van der Waals surface area contributed by atoms with E-state index in [0.29, 0.717) is 5.02 Å². The van der Waals surface area contributed by atoms with Crippen molar-refractivity contribution < 1.29 is 19.8 Å². The first-order valence-corrected chi connectivity index (χ1v) is 10.4. The fraction of sp³-hybridized carbons (Fsp3) is 0.647. The van der Waals surface area contributed by atoms with Crippen LogP contribution in [0.4, 0.5) is 5.82 Å². The minimum absolute atomic E-state index is 0.673. The van der Waals surface area contributed by atoms with Gasteiger partial charge in [0, 0.05) is 6.54 Å². The summed E-state index contributed by atoms with van der Waals surface area (Å²) in [5, 5.41) is 18.8. The van der Waals surface area contributed by atoms with Crippen molar-refractivity contribution in [3.05, 3.63) is 17.0 Å². The Bertz CT molecular complexity index is 535. The predicted octanol–water partition coefficient (Wildman–Crippen LogP) is 3.96. The van der Waals surface area contributed by atoms with Gasteiger partial charge in [-0.15, -0.1) is 0 Å². The Balaban J connectivity index is 0.000000896. The van der Waals surface area contributed by atoms with Crippen LogP contribution in [0.1, 0.15) is 51.1 Å². The Morgan fingerprint density at radius 2 is 1.65 bits per heavy atom. The van der Waals surface area contributed by atoms with Crippen LogP contribution in [0.25, 0.3) is 0 Å². The van der Waals surface area contributed by atoms with Gasteiger partial charge in [-0.05, 0) is 31.3 Å². The number of hydrogen-bond acceptors (Lipinski definition) is 6. The fourth-order valence-corrected chi connectivity index (χ4v) is 2.85. The maximum Gasteiger partial charge on any atom is 0.414 e. The van der Waals surface area contributed by atoms with Gasteiger partial charge in [-0.3, -0.25) is 0 Å². The van der Waals surface area contributed by atoms with Crippen molar-refractivity contribution in [3.63, 3.8) is 0 Å². The summed E-state index contributed by atoms with van der Waals surface area (Å²) in [6.45, 7) is 2.99. The van der Waals surface area contributed by atoms with Crippen LogP contribution in [-0.2, 0) is 16.0 Å². The number of nitrogens with one attached hydrogen (secondary N) is 1. The maximum atomic E-state index is 9.10. The van der Waals surface area contributed by atoms with Crippen molar-refractivity contribution in [3.8, 4) is 0 Å². The summed E-state index contributed by atoms with van der Waals surface area (Å²) in [7, 11) is 0. The van der Waals surface area contributed by atoms with Crippen LogP contribution in [0.15, 0.2) is 6.33 Å². The van der Waals surface area contributed by atoms with Crippen molar-refractivity contribution in [2.45, 2.75) is 51.9 Å². The lowest BCUT2D eigenvalue weighted by molar-refractivity contribution is -0.159. The van der Waals surface area contributed by atoms with Crippen molar-refractivity contribution >= 4 is 41.1 Å². The van der Waals surface area contributed by atoms with Crippen LogP contribution in [0.5, 0.6) is 0 Å². The number of anilines is 1. The van der Waals surface area contributed by atoms with Crippen LogP contribution in [0.2, 0.25) is 5.02 Å². The van der Waals surface area contributed by atoms with Crippen LogP contribution in [0, 0.1) is 0 Å². The topological polar surface area (TPSA) is 112 Å². The quantitative estimate of drug-likeness (QED) is 0.374. The van der Waals surface area contributed by atoms with Gasteiger partial charge in [0.15, 0.2) is 0 Å². The normalized spacial score (nSPS) is 9.96. The van der Waals surface area contributed by atoms with Gasteiger partial charge in [-0.1, -0.05) is 44.2 Å². The molecule has 0 aromatic carbocycles. The van der Waals surface area contributed by atoms with Crippen LogP contribution in [-0.4, -0.2) is 50.7 Å². The molecule has 7 nitrogen and oxygen atoms in total. The monoisotopic (exact) mass is 405 g/mol. The van der Waals surface area contributed by atoms with E-state index in [9.17, 15) is 0 Å². The Morgan fingerprint density at radius 1 is 1.08 bits per heavy atom. The zero-order chi connectivity index (χ0) is 19.8. The molecule has 0 atom stereocenters. The summed E-state index contributed by atoms with van der Waals surface area (Å²) in [6, 6.07) is 0. The highest BCUT2D eigenvalue weighted by atomic mass is 35.5. The Hall–Kier alpha value is -1.54. The third-order valence-electron chi connectivity index (χ3n) is 3.45. The van der Waals surface area contributed by atoms with Gasteiger partial charge in [0.2, 0.25) is 0 Å². The number of hydrogen-bond donors (Lipinski definition) is 3. The molecule has 9 heteroatoms. The van der Waals surface area contributed by atoms with E-state index in [1.54, 1.807) is 6.33 Å². The van der Waals surface area contributed by atoms with Crippen molar-refractivity contribution in [1.82, 2.24) is 9.97 Å². The van der Waals surface area contributed by atoms with Gasteiger partial charge in [-0.2, -0.15) is 11.8 Å². The number of nitrogens with zero attached hydrogens (tertiary/aromatic N) is 2. The Morgan fingerprint density at radius 3 is 2.19 bits per heavy atom. The third kappa shape index (κ3) is 11.9.